The maximum Gasteiger partial charge on any atom is 0.211 e. The topological polar surface area (TPSA) is 54.3 Å². The summed E-state index contributed by atoms with van der Waals surface area (Å²) in [5, 5.41) is 6.51. The lowest BCUT2D eigenvalue weighted by Gasteiger charge is -2.09. The van der Waals surface area contributed by atoms with Crippen LogP contribution in [0.1, 0.15) is 23.4 Å². The number of carbonyl (C=O) groups is 1. The largest absolute Gasteiger partial charge is 0.461 e. The van der Waals surface area contributed by atoms with E-state index in [2.05, 4.69) is 10.6 Å². The predicted molar refractivity (Wildman–Crippen MR) is 56.9 cm³/mol. The van der Waals surface area contributed by atoms with Gasteiger partial charge in [-0.2, -0.15) is 0 Å². The zero-order valence-corrected chi connectivity index (χ0v) is 8.66. The number of Topliss-reactive ketones (excluding diaryl/α,β-unsaturated/α-hetero) is 1. The zero-order valence-electron chi connectivity index (χ0n) is 8.66. The van der Waals surface area contributed by atoms with Crippen LogP contribution >= 0.6 is 0 Å². The number of hydrogen-bond donors (Lipinski definition) is 2. The summed E-state index contributed by atoms with van der Waals surface area (Å²) >= 11 is 0. The first-order valence-corrected chi connectivity index (χ1v) is 5.37. The second-order valence-electron chi connectivity index (χ2n) is 3.82. The molecule has 1 atom stereocenters. The van der Waals surface area contributed by atoms with Crippen molar-refractivity contribution in [3.8, 4) is 0 Å². The van der Waals surface area contributed by atoms with Gasteiger partial charge in [0.2, 0.25) is 5.78 Å². The fourth-order valence-corrected chi connectivity index (χ4v) is 1.82. The van der Waals surface area contributed by atoms with Gasteiger partial charge in [-0.15, -0.1) is 0 Å². The van der Waals surface area contributed by atoms with Crippen molar-refractivity contribution in [1.82, 2.24) is 10.6 Å². The molecule has 0 amide bonds. The van der Waals surface area contributed by atoms with Crippen LogP contribution in [0, 0.1) is 0 Å². The van der Waals surface area contributed by atoms with E-state index in [9.17, 15) is 4.79 Å². The van der Waals surface area contributed by atoms with Crippen LogP contribution in [0.4, 0.5) is 0 Å². The van der Waals surface area contributed by atoms with Crippen molar-refractivity contribution in [2.24, 2.45) is 0 Å². The molecule has 4 heteroatoms. The lowest BCUT2D eigenvalue weighted by molar-refractivity contribution is 0.0964. The monoisotopic (exact) mass is 208 g/mol. The summed E-state index contributed by atoms with van der Waals surface area (Å²) in [6.45, 7) is 2.30. The standard InChI is InChI=1S/C11H16N2O2/c14-10(11-4-2-6-15-11)8-12-7-9-3-1-5-13-9/h2,4,6,9,12-13H,1,3,5,7-8H2/t9-/m1/s1. The molecular weight excluding hydrogens is 192 g/mol. The Hall–Kier alpha value is -1.13. The molecule has 82 valence electrons. The molecule has 0 saturated carbocycles. The summed E-state index contributed by atoms with van der Waals surface area (Å²) in [5.74, 6) is 0.444. The minimum Gasteiger partial charge on any atom is -0.461 e. The Morgan fingerprint density at radius 3 is 3.27 bits per heavy atom. The summed E-state index contributed by atoms with van der Waals surface area (Å²) < 4.78 is 5.01. The van der Waals surface area contributed by atoms with Crippen LogP contribution in [0.15, 0.2) is 22.8 Å². The number of ketones is 1. The number of furan rings is 1. The highest BCUT2D eigenvalue weighted by Gasteiger charge is 2.14. The van der Waals surface area contributed by atoms with Gasteiger partial charge in [0.1, 0.15) is 0 Å². The molecule has 0 aromatic carbocycles. The quantitative estimate of drug-likeness (QED) is 0.703. The number of hydrogen-bond acceptors (Lipinski definition) is 4. The van der Waals surface area contributed by atoms with Crippen LogP contribution in [-0.2, 0) is 0 Å². The molecule has 2 rings (SSSR count). The fraction of sp³-hybridized carbons (Fsp3) is 0.545. The van der Waals surface area contributed by atoms with Gasteiger partial charge >= 0.3 is 0 Å². The van der Waals surface area contributed by atoms with Gasteiger partial charge in [-0.1, -0.05) is 0 Å². The van der Waals surface area contributed by atoms with Gasteiger partial charge in [-0.25, -0.2) is 0 Å². The van der Waals surface area contributed by atoms with E-state index in [0.29, 0.717) is 18.3 Å². The molecule has 1 aromatic rings. The second kappa shape index (κ2) is 5.09. The molecule has 1 saturated heterocycles. The van der Waals surface area contributed by atoms with E-state index in [1.165, 1.54) is 19.1 Å². The normalized spacial score (nSPS) is 20.7. The average molecular weight is 208 g/mol. The van der Waals surface area contributed by atoms with Crippen LogP contribution in [0.2, 0.25) is 0 Å². The molecule has 0 aliphatic carbocycles. The molecule has 0 bridgehead atoms. The summed E-state index contributed by atoms with van der Waals surface area (Å²) in [6.07, 6.45) is 3.95. The average Bonchev–Trinajstić information content (AvgIpc) is 2.90. The van der Waals surface area contributed by atoms with E-state index in [0.717, 1.165) is 13.1 Å². The summed E-state index contributed by atoms with van der Waals surface area (Å²) in [5.41, 5.74) is 0. The summed E-state index contributed by atoms with van der Waals surface area (Å²) in [6, 6.07) is 3.94. The van der Waals surface area contributed by atoms with Crippen LogP contribution in [0.25, 0.3) is 0 Å². The highest BCUT2D eigenvalue weighted by molar-refractivity contribution is 5.94. The van der Waals surface area contributed by atoms with E-state index in [4.69, 9.17) is 4.42 Å². The molecule has 0 spiro atoms. The van der Waals surface area contributed by atoms with Gasteiger partial charge < -0.3 is 15.1 Å². The molecule has 1 fully saturated rings. The lowest BCUT2D eigenvalue weighted by Crippen LogP contribution is -2.36. The van der Waals surface area contributed by atoms with Crippen LogP contribution in [-0.4, -0.2) is 31.5 Å². The third-order valence-corrected chi connectivity index (χ3v) is 2.63. The summed E-state index contributed by atoms with van der Waals surface area (Å²) in [7, 11) is 0. The van der Waals surface area contributed by atoms with E-state index in [1.54, 1.807) is 12.1 Å². The van der Waals surface area contributed by atoms with Gasteiger partial charge in [0.25, 0.3) is 0 Å². The van der Waals surface area contributed by atoms with Crippen molar-refractivity contribution in [3.63, 3.8) is 0 Å². The molecular formula is C11H16N2O2. The first kappa shape index (κ1) is 10.4. The van der Waals surface area contributed by atoms with E-state index in [1.807, 2.05) is 0 Å². The minimum absolute atomic E-state index is 0.0120. The Kier molecular flexibility index (Phi) is 3.53. The maximum atomic E-state index is 11.5. The zero-order chi connectivity index (χ0) is 10.5. The molecule has 2 heterocycles. The Morgan fingerprint density at radius 1 is 1.67 bits per heavy atom. The van der Waals surface area contributed by atoms with Gasteiger partial charge in [-0.3, -0.25) is 4.79 Å². The maximum absolute atomic E-state index is 11.5. The van der Waals surface area contributed by atoms with Crippen LogP contribution in [0.5, 0.6) is 0 Å². The third kappa shape index (κ3) is 2.91. The molecule has 15 heavy (non-hydrogen) atoms. The van der Waals surface area contributed by atoms with Gasteiger partial charge in [0, 0.05) is 12.6 Å². The predicted octanol–water partition coefficient (Wildman–Crippen LogP) is 0.804. The van der Waals surface area contributed by atoms with Crippen molar-refractivity contribution in [3.05, 3.63) is 24.2 Å². The molecule has 2 N–H and O–H groups in total. The molecule has 4 nitrogen and oxygen atoms in total. The van der Waals surface area contributed by atoms with Crippen molar-refractivity contribution >= 4 is 5.78 Å². The van der Waals surface area contributed by atoms with Gasteiger partial charge in [-0.05, 0) is 31.5 Å². The highest BCUT2D eigenvalue weighted by atomic mass is 16.3. The smallest absolute Gasteiger partial charge is 0.211 e. The molecule has 0 radical (unpaired) electrons. The fourth-order valence-electron chi connectivity index (χ4n) is 1.82. The molecule has 1 aliphatic rings. The molecule has 1 aliphatic heterocycles. The Bertz CT molecular complexity index is 302. The van der Waals surface area contributed by atoms with Crippen molar-refractivity contribution in [1.29, 1.82) is 0 Å². The first-order valence-electron chi connectivity index (χ1n) is 5.37. The van der Waals surface area contributed by atoms with E-state index < -0.39 is 0 Å². The lowest BCUT2D eigenvalue weighted by atomic mass is 10.2. The van der Waals surface area contributed by atoms with Crippen LogP contribution < -0.4 is 10.6 Å². The van der Waals surface area contributed by atoms with Gasteiger partial charge in [0.15, 0.2) is 5.76 Å². The highest BCUT2D eigenvalue weighted by Crippen LogP contribution is 2.03. The van der Waals surface area contributed by atoms with E-state index in [-0.39, 0.29) is 5.78 Å². The summed E-state index contributed by atoms with van der Waals surface area (Å²) in [4.78, 5) is 11.5. The number of rotatable bonds is 5. The number of nitrogens with one attached hydrogen (secondary N) is 2. The molecule has 1 aromatic heterocycles. The minimum atomic E-state index is 0.0120. The Balaban J connectivity index is 1.67. The Labute approximate surface area is 89.0 Å². The van der Waals surface area contributed by atoms with Gasteiger partial charge in [0.05, 0.1) is 12.8 Å². The Morgan fingerprint density at radius 2 is 2.60 bits per heavy atom. The van der Waals surface area contributed by atoms with Crippen molar-refractivity contribution in [2.75, 3.05) is 19.6 Å². The third-order valence-electron chi connectivity index (χ3n) is 2.63. The van der Waals surface area contributed by atoms with E-state index >= 15 is 0 Å². The van der Waals surface area contributed by atoms with Crippen LogP contribution in [0.3, 0.4) is 0 Å². The second-order valence-corrected chi connectivity index (χ2v) is 3.82. The van der Waals surface area contributed by atoms with Crippen molar-refractivity contribution in [2.45, 2.75) is 18.9 Å². The number of carbonyl (C=O) groups excluding carboxylic acids is 1. The SMILES string of the molecule is O=C(CNC[C@H]1CCCN1)c1ccco1. The molecule has 0 unspecified atom stereocenters. The van der Waals surface area contributed by atoms with Crippen molar-refractivity contribution < 1.29 is 9.21 Å². The first-order chi connectivity index (χ1) is 7.36.